The highest BCUT2D eigenvalue weighted by Crippen LogP contribution is 2.19. The second-order valence-electron chi connectivity index (χ2n) is 4.50. The molecule has 0 aromatic heterocycles. The second-order valence-corrected chi connectivity index (χ2v) is 5.78. The lowest BCUT2D eigenvalue weighted by molar-refractivity contribution is 0.0695. The minimum Gasteiger partial charge on any atom is -0.478 e. The summed E-state index contributed by atoms with van der Waals surface area (Å²) in [7, 11) is -4.58. The first-order chi connectivity index (χ1) is 11.4. The number of aromatic carboxylic acids is 1. The zero-order valence-corrected chi connectivity index (χ0v) is 13.0. The maximum Gasteiger partial charge on any atom is 0.423 e. The van der Waals surface area contributed by atoms with Crippen LogP contribution in [-0.4, -0.2) is 25.6 Å². The van der Waals surface area contributed by atoms with E-state index >= 15 is 0 Å². The average molecular weight is 351 g/mol. The summed E-state index contributed by atoms with van der Waals surface area (Å²) in [6.45, 7) is -0.131. The smallest absolute Gasteiger partial charge is 0.423 e. The molecule has 2 aromatic rings. The number of carboxylic acids is 1. The predicted molar refractivity (Wildman–Crippen MR) is 82.7 cm³/mol. The van der Waals surface area contributed by atoms with Gasteiger partial charge in [0.15, 0.2) is 5.75 Å². The van der Waals surface area contributed by atoms with Gasteiger partial charge in [0.05, 0.1) is 0 Å². The number of hydrogen-bond acceptors (Lipinski definition) is 6. The molecule has 24 heavy (non-hydrogen) atoms. The van der Waals surface area contributed by atoms with E-state index < -0.39 is 28.1 Å². The van der Waals surface area contributed by atoms with Gasteiger partial charge in [0, 0.05) is 0 Å². The van der Waals surface area contributed by atoms with Gasteiger partial charge in [-0.05, 0) is 17.7 Å². The molecule has 0 aliphatic rings. The number of nitrogens with one attached hydrogen (secondary N) is 1. The Morgan fingerprint density at radius 1 is 1.00 bits per heavy atom. The molecule has 2 aromatic carbocycles. The number of rotatable bonds is 6. The molecule has 0 aliphatic carbocycles. The van der Waals surface area contributed by atoms with Crippen molar-refractivity contribution in [3.63, 3.8) is 0 Å². The van der Waals surface area contributed by atoms with Gasteiger partial charge in [-0.1, -0.05) is 42.5 Å². The van der Waals surface area contributed by atoms with E-state index in [1.165, 1.54) is 22.9 Å². The third-order valence-electron chi connectivity index (χ3n) is 2.74. The van der Waals surface area contributed by atoms with Crippen molar-refractivity contribution in [1.82, 2.24) is 4.72 Å². The number of carbonyl (C=O) groups is 2. The lowest BCUT2D eigenvalue weighted by Crippen LogP contribution is -2.34. The number of hydrogen-bond donors (Lipinski definition) is 2. The van der Waals surface area contributed by atoms with E-state index in [-0.39, 0.29) is 12.2 Å². The standard InChI is InChI=1S/C15H13NO7S/c17-14(18)12-8-4-5-9-13(12)23-24(20,21)16-15(19)22-10-11-6-2-1-3-7-11/h1-9H,10H2,(H,16,19)(H,17,18). The normalized spacial score (nSPS) is 10.7. The summed E-state index contributed by atoms with van der Waals surface area (Å²) in [5.74, 6) is -1.79. The van der Waals surface area contributed by atoms with E-state index in [1.807, 2.05) is 0 Å². The molecule has 0 saturated carbocycles. The summed E-state index contributed by atoms with van der Waals surface area (Å²) in [4.78, 5) is 22.5. The molecule has 1 amide bonds. The van der Waals surface area contributed by atoms with Crippen LogP contribution in [0.3, 0.4) is 0 Å². The quantitative estimate of drug-likeness (QED) is 0.816. The van der Waals surface area contributed by atoms with E-state index in [4.69, 9.17) is 9.84 Å². The van der Waals surface area contributed by atoms with E-state index in [0.717, 1.165) is 6.07 Å². The Balaban J connectivity index is 1.98. The molecule has 9 heteroatoms. The fraction of sp³-hybridized carbons (Fsp3) is 0.0667. The van der Waals surface area contributed by atoms with Gasteiger partial charge in [0.25, 0.3) is 0 Å². The molecule has 0 atom stereocenters. The summed E-state index contributed by atoms with van der Waals surface area (Å²) < 4.78 is 34.4. The van der Waals surface area contributed by atoms with E-state index in [9.17, 15) is 18.0 Å². The molecule has 0 spiro atoms. The van der Waals surface area contributed by atoms with Crippen molar-refractivity contribution in [1.29, 1.82) is 0 Å². The van der Waals surface area contributed by atoms with Crippen molar-refractivity contribution >= 4 is 22.4 Å². The highest BCUT2D eigenvalue weighted by Gasteiger charge is 2.21. The Bertz CT molecular complexity index is 834. The number of carboxylic acid groups (broad SMARTS) is 1. The summed E-state index contributed by atoms with van der Waals surface area (Å²) in [6, 6.07) is 13.8. The molecule has 0 fully saturated rings. The molecule has 0 unspecified atom stereocenters. The number of para-hydroxylation sites is 1. The van der Waals surface area contributed by atoms with Gasteiger partial charge >= 0.3 is 22.4 Å². The maximum absolute atomic E-state index is 11.8. The van der Waals surface area contributed by atoms with Crippen LogP contribution in [0.1, 0.15) is 15.9 Å². The summed E-state index contributed by atoms with van der Waals surface area (Å²) in [5.41, 5.74) is 0.308. The first kappa shape index (κ1) is 17.3. The molecule has 126 valence electrons. The highest BCUT2D eigenvalue weighted by molar-refractivity contribution is 7.85. The van der Waals surface area contributed by atoms with Crippen molar-refractivity contribution < 1.29 is 32.0 Å². The summed E-state index contributed by atoms with van der Waals surface area (Å²) in [6.07, 6.45) is -1.24. The van der Waals surface area contributed by atoms with Gasteiger partial charge in [-0.25, -0.2) is 9.59 Å². The van der Waals surface area contributed by atoms with Gasteiger partial charge in [-0.3, -0.25) is 0 Å². The Labute approximate surface area is 137 Å². The third-order valence-corrected chi connectivity index (χ3v) is 3.55. The van der Waals surface area contributed by atoms with Crippen molar-refractivity contribution in [3.8, 4) is 5.75 Å². The SMILES string of the molecule is O=C(NS(=O)(=O)Oc1ccccc1C(=O)O)OCc1ccccc1. The number of carbonyl (C=O) groups excluding carboxylic acids is 1. The lowest BCUT2D eigenvalue weighted by atomic mass is 10.2. The molecule has 8 nitrogen and oxygen atoms in total. The third kappa shape index (κ3) is 4.99. The van der Waals surface area contributed by atoms with E-state index in [2.05, 4.69) is 4.18 Å². The maximum atomic E-state index is 11.8. The topological polar surface area (TPSA) is 119 Å². The molecular weight excluding hydrogens is 338 g/mol. The van der Waals surface area contributed by atoms with Crippen molar-refractivity contribution in [2.45, 2.75) is 6.61 Å². The number of ether oxygens (including phenoxy) is 1. The fourth-order valence-electron chi connectivity index (χ4n) is 1.71. The Kier molecular flexibility index (Phi) is 5.38. The molecule has 0 bridgehead atoms. The first-order valence-electron chi connectivity index (χ1n) is 6.62. The van der Waals surface area contributed by atoms with Crippen molar-refractivity contribution in [2.24, 2.45) is 0 Å². The van der Waals surface area contributed by atoms with Crippen LogP contribution in [0, 0.1) is 0 Å². The molecule has 0 radical (unpaired) electrons. The first-order valence-corrected chi connectivity index (χ1v) is 8.03. The molecule has 0 aliphatic heterocycles. The molecule has 0 saturated heterocycles. The minimum absolute atomic E-state index is 0.131. The Morgan fingerprint density at radius 2 is 1.62 bits per heavy atom. The largest absolute Gasteiger partial charge is 0.478 e. The van der Waals surface area contributed by atoms with Crippen LogP contribution in [0.2, 0.25) is 0 Å². The molecule has 0 heterocycles. The number of benzene rings is 2. The van der Waals surface area contributed by atoms with Crippen LogP contribution in [0.5, 0.6) is 5.75 Å². The summed E-state index contributed by atoms with van der Waals surface area (Å²) >= 11 is 0. The van der Waals surface area contributed by atoms with Crippen LogP contribution in [-0.2, 0) is 21.6 Å². The molecular formula is C15H13NO7S. The van der Waals surface area contributed by atoms with Gasteiger partial charge < -0.3 is 14.0 Å². The summed E-state index contributed by atoms with van der Waals surface area (Å²) in [5, 5.41) is 8.97. The minimum atomic E-state index is -4.58. The average Bonchev–Trinajstić information content (AvgIpc) is 2.53. The Hall–Kier alpha value is -3.07. The van der Waals surface area contributed by atoms with Crippen LogP contribution in [0.15, 0.2) is 54.6 Å². The van der Waals surface area contributed by atoms with Crippen LogP contribution in [0.25, 0.3) is 0 Å². The van der Waals surface area contributed by atoms with E-state index in [0.29, 0.717) is 5.56 Å². The van der Waals surface area contributed by atoms with Crippen molar-refractivity contribution in [3.05, 3.63) is 65.7 Å². The van der Waals surface area contributed by atoms with E-state index in [1.54, 1.807) is 30.3 Å². The predicted octanol–water partition coefficient (Wildman–Crippen LogP) is 1.93. The van der Waals surface area contributed by atoms with Crippen LogP contribution >= 0.6 is 0 Å². The zero-order valence-electron chi connectivity index (χ0n) is 12.2. The highest BCUT2D eigenvalue weighted by atomic mass is 32.2. The lowest BCUT2D eigenvalue weighted by Gasteiger charge is -2.10. The monoisotopic (exact) mass is 351 g/mol. The van der Waals surface area contributed by atoms with Gasteiger partial charge in [-0.15, -0.1) is 0 Å². The van der Waals surface area contributed by atoms with Crippen LogP contribution < -0.4 is 8.91 Å². The van der Waals surface area contributed by atoms with Gasteiger partial charge in [0.2, 0.25) is 0 Å². The zero-order chi connectivity index (χ0) is 17.6. The van der Waals surface area contributed by atoms with Gasteiger partial charge in [-0.2, -0.15) is 13.1 Å². The molecule has 2 N–H and O–H groups in total. The van der Waals surface area contributed by atoms with Crippen LogP contribution in [0.4, 0.5) is 4.79 Å². The Morgan fingerprint density at radius 3 is 2.29 bits per heavy atom. The van der Waals surface area contributed by atoms with Gasteiger partial charge in [0.1, 0.15) is 12.2 Å². The second kappa shape index (κ2) is 7.47. The van der Waals surface area contributed by atoms with Crippen molar-refractivity contribution in [2.75, 3.05) is 0 Å². The number of amides is 1. The molecule has 2 rings (SSSR count). The fourth-order valence-corrected chi connectivity index (χ4v) is 2.40.